The molecule has 1 aliphatic rings. The standard InChI is InChI=1S/C34H26N2O6S/c1-3-41-33(40)28-29(21-10-6-4-7-11-21)35-34-36(30(28)22-12-8-5-9-13-22)31(37)27(43-34)19-24-16-17-26(42-24)25-18-23(32(38)39)15-14-20(25)2/h4-19,30H,3H2,1-2H3,(H,38,39)/b27-19-/t30-/m1/s1. The topological polar surface area (TPSA) is 111 Å². The molecule has 3 heterocycles. The third-order valence-electron chi connectivity index (χ3n) is 7.14. The largest absolute Gasteiger partial charge is 0.478 e. The van der Waals surface area contributed by atoms with Crippen LogP contribution in [0.2, 0.25) is 0 Å². The second kappa shape index (κ2) is 11.5. The second-order valence-corrected chi connectivity index (χ2v) is 10.9. The second-order valence-electron chi connectivity index (χ2n) is 9.88. The highest BCUT2D eigenvalue weighted by molar-refractivity contribution is 7.07. The molecule has 0 bridgehead atoms. The maximum atomic E-state index is 14.0. The average molecular weight is 591 g/mol. The number of hydrogen-bond acceptors (Lipinski definition) is 7. The maximum absolute atomic E-state index is 14.0. The number of ether oxygens (including phenoxy) is 1. The zero-order chi connectivity index (χ0) is 30.1. The number of thiazole rings is 1. The quantitative estimate of drug-likeness (QED) is 0.261. The van der Waals surface area contributed by atoms with Crippen molar-refractivity contribution in [2.75, 3.05) is 6.61 Å². The summed E-state index contributed by atoms with van der Waals surface area (Å²) in [4.78, 5) is 44.3. The van der Waals surface area contributed by atoms with Crippen molar-refractivity contribution in [2.45, 2.75) is 19.9 Å². The highest BCUT2D eigenvalue weighted by Crippen LogP contribution is 2.35. The summed E-state index contributed by atoms with van der Waals surface area (Å²) in [5.74, 6) is -0.663. The smallest absolute Gasteiger partial charge is 0.338 e. The normalized spacial score (nSPS) is 14.7. The van der Waals surface area contributed by atoms with Gasteiger partial charge in [-0.15, -0.1) is 0 Å². The Hall–Kier alpha value is -5.28. The summed E-state index contributed by atoms with van der Waals surface area (Å²) in [5.41, 5.74) is 3.55. The Kier molecular flexibility index (Phi) is 7.48. The monoisotopic (exact) mass is 590 g/mol. The lowest BCUT2D eigenvalue weighted by Crippen LogP contribution is -2.39. The number of carbonyl (C=O) groups is 2. The molecular weight excluding hydrogens is 564 g/mol. The maximum Gasteiger partial charge on any atom is 0.338 e. The molecule has 3 aromatic carbocycles. The van der Waals surface area contributed by atoms with E-state index in [1.54, 1.807) is 43.3 Å². The van der Waals surface area contributed by atoms with Crippen LogP contribution in [-0.4, -0.2) is 28.2 Å². The van der Waals surface area contributed by atoms with Crippen molar-refractivity contribution >= 4 is 35.0 Å². The number of furan rings is 1. The third kappa shape index (κ3) is 5.26. The number of carbonyl (C=O) groups excluding carboxylic acids is 1. The van der Waals surface area contributed by atoms with Gasteiger partial charge in [0.25, 0.3) is 5.56 Å². The summed E-state index contributed by atoms with van der Waals surface area (Å²) >= 11 is 1.20. The number of rotatable bonds is 7. The van der Waals surface area contributed by atoms with Crippen LogP contribution in [0.15, 0.2) is 111 Å². The van der Waals surface area contributed by atoms with Crippen LogP contribution in [0.25, 0.3) is 23.1 Å². The van der Waals surface area contributed by atoms with E-state index in [0.29, 0.717) is 32.1 Å². The number of carboxylic acid groups (broad SMARTS) is 1. The van der Waals surface area contributed by atoms with E-state index >= 15 is 0 Å². The lowest BCUT2D eigenvalue weighted by atomic mass is 9.93. The predicted octanol–water partition coefficient (Wildman–Crippen LogP) is 5.20. The molecule has 1 atom stereocenters. The lowest BCUT2D eigenvalue weighted by molar-refractivity contribution is -0.138. The Morgan fingerprint density at radius 3 is 2.44 bits per heavy atom. The Labute approximate surface area is 250 Å². The molecule has 0 unspecified atom stereocenters. The van der Waals surface area contributed by atoms with Crippen LogP contribution in [0, 0.1) is 6.92 Å². The van der Waals surface area contributed by atoms with Crippen LogP contribution < -0.4 is 14.9 Å². The SMILES string of the molecule is CCOC(=O)C1=C(c2ccccc2)N=c2s/c(=C\c3ccc(-c4cc(C(=O)O)ccc4C)o3)c(=O)n2[C@@H]1c1ccccc1. The first-order valence-electron chi connectivity index (χ1n) is 13.6. The van der Waals surface area contributed by atoms with Crippen molar-refractivity contribution in [1.82, 2.24) is 4.57 Å². The van der Waals surface area contributed by atoms with Crippen molar-refractivity contribution in [2.24, 2.45) is 4.99 Å². The predicted molar refractivity (Wildman–Crippen MR) is 163 cm³/mol. The van der Waals surface area contributed by atoms with E-state index in [2.05, 4.69) is 0 Å². The minimum Gasteiger partial charge on any atom is -0.478 e. The molecule has 6 rings (SSSR count). The van der Waals surface area contributed by atoms with Crippen LogP contribution >= 0.6 is 11.3 Å². The van der Waals surface area contributed by atoms with Gasteiger partial charge in [0.1, 0.15) is 11.5 Å². The van der Waals surface area contributed by atoms with E-state index in [4.69, 9.17) is 14.1 Å². The van der Waals surface area contributed by atoms with Gasteiger partial charge in [-0.05, 0) is 49.2 Å². The summed E-state index contributed by atoms with van der Waals surface area (Å²) in [6.07, 6.45) is 1.64. The molecular formula is C34H26N2O6S. The number of benzene rings is 3. The average Bonchev–Trinajstić information content (AvgIpc) is 3.61. The van der Waals surface area contributed by atoms with E-state index in [1.165, 1.54) is 15.9 Å². The van der Waals surface area contributed by atoms with Crippen LogP contribution in [0.5, 0.6) is 0 Å². The number of aryl methyl sites for hydroxylation is 1. The zero-order valence-corrected chi connectivity index (χ0v) is 24.1. The molecule has 1 N–H and O–H groups in total. The fraction of sp³-hybridized carbons (Fsp3) is 0.118. The molecule has 43 heavy (non-hydrogen) atoms. The van der Waals surface area contributed by atoms with Gasteiger partial charge >= 0.3 is 11.9 Å². The number of aromatic carboxylic acids is 1. The molecule has 0 aliphatic carbocycles. The van der Waals surface area contributed by atoms with E-state index in [-0.39, 0.29) is 23.3 Å². The van der Waals surface area contributed by atoms with Gasteiger partial charge in [-0.3, -0.25) is 9.36 Å². The highest BCUT2D eigenvalue weighted by atomic mass is 32.1. The van der Waals surface area contributed by atoms with Gasteiger partial charge in [0.2, 0.25) is 0 Å². The molecule has 0 radical (unpaired) electrons. The van der Waals surface area contributed by atoms with Crippen LogP contribution in [0.4, 0.5) is 0 Å². The fourth-order valence-electron chi connectivity index (χ4n) is 5.12. The Balaban J connectivity index is 1.53. The Bertz CT molecular complexity index is 2070. The van der Waals surface area contributed by atoms with Crippen molar-refractivity contribution in [3.63, 3.8) is 0 Å². The summed E-state index contributed by atoms with van der Waals surface area (Å²) in [5, 5.41) is 9.42. The summed E-state index contributed by atoms with van der Waals surface area (Å²) in [6.45, 7) is 3.78. The molecule has 9 heteroatoms. The van der Waals surface area contributed by atoms with Gasteiger partial charge in [0.15, 0.2) is 4.80 Å². The first-order chi connectivity index (χ1) is 20.9. The van der Waals surface area contributed by atoms with Crippen molar-refractivity contribution < 1.29 is 23.8 Å². The first kappa shape index (κ1) is 27.9. The van der Waals surface area contributed by atoms with Crippen molar-refractivity contribution in [3.05, 3.63) is 144 Å². The minimum absolute atomic E-state index is 0.152. The third-order valence-corrected chi connectivity index (χ3v) is 8.12. The number of hydrogen-bond donors (Lipinski definition) is 1. The van der Waals surface area contributed by atoms with E-state index in [0.717, 1.165) is 16.7 Å². The molecule has 8 nitrogen and oxygen atoms in total. The van der Waals surface area contributed by atoms with E-state index < -0.39 is 18.0 Å². The van der Waals surface area contributed by atoms with Crippen LogP contribution in [-0.2, 0) is 9.53 Å². The van der Waals surface area contributed by atoms with E-state index in [9.17, 15) is 19.5 Å². The van der Waals surface area contributed by atoms with Gasteiger partial charge in [0, 0.05) is 17.2 Å². The van der Waals surface area contributed by atoms with Crippen molar-refractivity contribution in [3.8, 4) is 11.3 Å². The molecule has 0 spiro atoms. The zero-order valence-electron chi connectivity index (χ0n) is 23.3. The van der Waals surface area contributed by atoms with Gasteiger partial charge < -0.3 is 14.3 Å². The van der Waals surface area contributed by atoms with Crippen molar-refractivity contribution in [1.29, 1.82) is 0 Å². The van der Waals surface area contributed by atoms with Gasteiger partial charge in [0.05, 0.1) is 34.0 Å². The Morgan fingerprint density at radius 2 is 1.74 bits per heavy atom. The van der Waals surface area contributed by atoms with Crippen LogP contribution in [0.3, 0.4) is 0 Å². The Morgan fingerprint density at radius 1 is 1.02 bits per heavy atom. The molecule has 0 saturated carbocycles. The fourth-order valence-corrected chi connectivity index (χ4v) is 6.10. The number of aromatic nitrogens is 1. The summed E-state index contributed by atoms with van der Waals surface area (Å²) in [7, 11) is 0. The summed E-state index contributed by atoms with van der Waals surface area (Å²) < 4.78 is 13.5. The van der Waals surface area contributed by atoms with Gasteiger partial charge in [-0.1, -0.05) is 78.1 Å². The highest BCUT2D eigenvalue weighted by Gasteiger charge is 2.35. The molecule has 1 aliphatic heterocycles. The summed E-state index contributed by atoms with van der Waals surface area (Å²) in [6, 6.07) is 26.3. The van der Waals surface area contributed by atoms with Gasteiger partial charge in [-0.25, -0.2) is 14.6 Å². The number of carboxylic acids is 1. The van der Waals surface area contributed by atoms with Crippen LogP contribution in [0.1, 0.15) is 45.8 Å². The minimum atomic E-state index is -1.03. The number of fused-ring (bicyclic) bond motifs is 1. The number of nitrogens with zero attached hydrogens (tertiary/aromatic N) is 2. The lowest BCUT2D eigenvalue weighted by Gasteiger charge is -2.25. The molecule has 214 valence electrons. The first-order valence-corrected chi connectivity index (χ1v) is 14.4. The molecule has 5 aromatic rings. The molecule has 0 saturated heterocycles. The molecule has 0 amide bonds. The molecule has 0 fully saturated rings. The molecule has 2 aromatic heterocycles. The van der Waals surface area contributed by atoms with Gasteiger partial charge in [-0.2, -0.15) is 0 Å². The van der Waals surface area contributed by atoms with E-state index in [1.807, 2.05) is 67.6 Å². The number of esters is 1.